The van der Waals surface area contributed by atoms with Crippen LogP contribution in [-0.2, 0) is 6.54 Å². The molecule has 0 unspecified atom stereocenters. The summed E-state index contributed by atoms with van der Waals surface area (Å²) in [5.74, 6) is 2.21. The minimum atomic E-state index is 0.599. The number of rotatable bonds is 2. The molecule has 2 N–H and O–H groups in total. The lowest BCUT2D eigenvalue weighted by atomic mass is 9.83. The maximum Gasteiger partial charge on any atom is 0.202 e. The maximum atomic E-state index is 6.01. The predicted molar refractivity (Wildman–Crippen MR) is 73.1 cm³/mol. The summed E-state index contributed by atoms with van der Waals surface area (Å²) in [5, 5.41) is 0. The van der Waals surface area contributed by atoms with Gasteiger partial charge < -0.3 is 5.73 Å². The summed E-state index contributed by atoms with van der Waals surface area (Å²) in [6, 6.07) is 3.87. The van der Waals surface area contributed by atoms with Crippen LogP contribution in [-0.4, -0.2) is 14.5 Å². The Kier molecular flexibility index (Phi) is 2.94. The molecular weight excluding hydrogens is 224 g/mol. The molecule has 4 nitrogen and oxygen atoms in total. The molecule has 3 rings (SSSR count). The number of aromatic nitrogens is 3. The second-order valence-corrected chi connectivity index (χ2v) is 5.55. The Labute approximate surface area is 107 Å². The summed E-state index contributed by atoms with van der Waals surface area (Å²) in [5.41, 5.74) is 7.84. The van der Waals surface area contributed by atoms with Crippen molar-refractivity contribution >= 4 is 17.1 Å². The van der Waals surface area contributed by atoms with E-state index in [1.165, 1.54) is 25.7 Å². The van der Waals surface area contributed by atoms with Gasteiger partial charge in [-0.15, -0.1) is 0 Å². The standard InChI is InChI=1S/C14H20N4/c1-10-4-6-11(7-5-10)9-18-13-12(17-14(18)15)3-2-8-16-13/h2-3,8,10-11H,4-7,9H2,1H3,(H2,15,17). The molecule has 2 aromatic heterocycles. The number of imidazole rings is 1. The summed E-state index contributed by atoms with van der Waals surface area (Å²) in [6.45, 7) is 3.31. The van der Waals surface area contributed by atoms with Gasteiger partial charge in [-0.3, -0.25) is 4.57 Å². The zero-order valence-corrected chi connectivity index (χ0v) is 10.8. The van der Waals surface area contributed by atoms with Crippen LogP contribution in [0.25, 0.3) is 11.2 Å². The smallest absolute Gasteiger partial charge is 0.202 e. The molecular formula is C14H20N4. The minimum absolute atomic E-state index is 0.599. The van der Waals surface area contributed by atoms with E-state index in [1.807, 2.05) is 18.3 Å². The summed E-state index contributed by atoms with van der Waals surface area (Å²) < 4.78 is 2.08. The van der Waals surface area contributed by atoms with Crippen LogP contribution >= 0.6 is 0 Å². The zero-order chi connectivity index (χ0) is 12.5. The zero-order valence-electron chi connectivity index (χ0n) is 10.8. The number of nitrogen functional groups attached to an aromatic ring is 1. The molecule has 1 saturated carbocycles. The fourth-order valence-electron chi connectivity index (χ4n) is 2.93. The van der Waals surface area contributed by atoms with Gasteiger partial charge in [0.25, 0.3) is 0 Å². The third kappa shape index (κ3) is 2.07. The lowest BCUT2D eigenvalue weighted by molar-refractivity contribution is 0.267. The lowest BCUT2D eigenvalue weighted by Gasteiger charge is -2.26. The van der Waals surface area contributed by atoms with E-state index in [1.54, 1.807) is 0 Å². The fraction of sp³-hybridized carbons (Fsp3) is 0.571. The van der Waals surface area contributed by atoms with Crippen LogP contribution in [0.15, 0.2) is 18.3 Å². The van der Waals surface area contributed by atoms with Gasteiger partial charge >= 0.3 is 0 Å². The van der Waals surface area contributed by atoms with Crippen molar-refractivity contribution in [2.75, 3.05) is 5.73 Å². The average Bonchev–Trinajstić information content (AvgIpc) is 2.69. The molecule has 0 radical (unpaired) electrons. The van der Waals surface area contributed by atoms with Gasteiger partial charge in [-0.2, -0.15) is 0 Å². The summed E-state index contributed by atoms with van der Waals surface area (Å²) >= 11 is 0. The van der Waals surface area contributed by atoms with Crippen molar-refractivity contribution in [3.8, 4) is 0 Å². The highest BCUT2D eigenvalue weighted by molar-refractivity contribution is 5.73. The van der Waals surface area contributed by atoms with Crippen LogP contribution in [0.3, 0.4) is 0 Å². The van der Waals surface area contributed by atoms with Crippen molar-refractivity contribution in [3.05, 3.63) is 18.3 Å². The molecule has 1 aliphatic rings. The number of nitrogens with zero attached hydrogens (tertiary/aromatic N) is 3. The molecule has 2 heterocycles. The van der Waals surface area contributed by atoms with Crippen LogP contribution in [0.5, 0.6) is 0 Å². The summed E-state index contributed by atoms with van der Waals surface area (Å²) in [7, 11) is 0. The largest absolute Gasteiger partial charge is 0.369 e. The van der Waals surface area contributed by atoms with Crippen molar-refractivity contribution in [1.29, 1.82) is 0 Å². The van der Waals surface area contributed by atoms with Crippen LogP contribution in [0, 0.1) is 11.8 Å². The molecule has 96 valence electrons. The van der Waals surface area contributed by atoms with Crippen molar-refractivity contribution in [2.45, 2.75) is 39.2 Å². The second kappa shape index (κ2) is 4.59. The Balaban J connectivity index is 1.84. The Morgan fingerprint density at radius 3 is 2.89 bits per heavy atom. The van der Waals surface area contributed by atoms with E-state index < -0.39 is 0 Å². The predicted octanol–water partition coefficient (Wildman–Crippen LogP) is 2.84. The van der Waals surface area contributed by atoms with Crippen molar-refractivity contribution in [1.82, 2.24) is 14.5 Å². The van der Waals surface area contributed by atoms with Crippen LogP contribution in [0.1, 0.15) is 32.6 Å². The Hall–Kier alpha value is -1.58. The first-order chi connectivity index (χ1) is 8.74. The lowest BCUT2D eigenvalue weighted by Crippen LogP contribution is -2.18. The van der Waals surface area contributed by atoms with Crippen molar-refractivity contribution in [2.24, 2.45) is 11.8 Å². The molecule has 1 aliphatic carbocycles. The Bertz CT molecular complexity index is 538. The van der Waals surface area contributed by atoms with Crippen molar-refractivity contribution in [3.63, 3.8) is 0 Å². The van der Waals surface area contributed by atoms with Crippen LogP contribution in [0.4, 0.5) is 5.95 Å². The highest BCUT2D eigenvalue weighted by atomic mass is 15.2. The molecule has 4 heteroatoms. The third-order valence-electron chi connectivity index (χ3n) is 4.11. The number of fused-ring (bicyclic) bond motifs is 1. The van der Waals surface area contributed by atoms with E-state index in [2.05, 4.69) is 21.5 Å². The molecule has 0 atom stereocenters. The third-order valence-corrected chi connectivity index (χ3v) is 4.11. The molecule has 1 fully saturated rings. The minimum Gasteiger partial charge on any atom is -0.369 e. The van der Waals surface area contributed by atoms with Gasteiger partial charge in [0.05, 0.1) is 0 Å². The number of hydrogen-bond acceptors (Lipinski definition) is 3. The number of pyridine rings is 1. The van der Waals surface area contributed by atoms with Gasteiger partial charge in [-0.05, 0) is 36.8 Å². The summed E-state index contributed by atoms with van der Waals surface area (Å²) in [4.78, 5) is 8.77. The van der Waals surface area contributed by atoms with Gasteiger partial charge in [0.2, 0.25) is 5.95 Å². The van der Waals surface area contributed by atoms with E-state index in [0.717, 1.165) is 29.5 Å². The number of anilines is 1. The van der Waals surface area contributed by atoms with E-state index in [-0.39, 0.29) is 0 Å². The molecule has 0 aliphatic heterocycles. The van der Waals surface area contributed by atoms with E-state index >= 15 is 0 Å². The topological polar surface area (TPSA) is 56.7 Å². The molecule has 18 heavy (non-hydrogen) atoms. The molecule has 0 saturated heterocycles. The van der Waals surface area contributed by atoms with E-state index in [0.29, 0.717) is 5.95 Å². The van der Waals surface area contributed by atoms with Gasteiger partial charge in [0.1, 0.15) is 5.52 Å². The Morgan fingerprint density at radius 1 is 1.33 bits per heavy atom. The van der Waals surface area contributed by atoms with Gasteiger partial charge in [-0.1, -0.05) is 19.8 Å². The first-order valence-electron chi connectivity index (χ1n) is 6.81. The van der Waals surface area contributed by atoms with Gasteiger partial charge in [-0.25, -0.2) is 9.97 Å². The first-order valence-corrected chi connectivity index (χ1v) is 6.81. The highest BCUT2D eigenvalue weighted by Gasteiger charge is 2.20. The molecule has 0 bridgehead atoms. The van der Waals surface area contributed by atoms with E-state index in [4.69, 9.17) is 5.73 Å². The maximum absolute atomic E-state index is 6.01. The van der Waals surface area contributed by atoms with Gasteiger partial charge in [0, 0.05) is 12.7 Å². The fourth-order valence-corrected chi connectivity index (χ4v) is 2.93. The van der Waals surface area contributed by atoms with Crippen LogP contribution in [0.2, 0.25) is 0 Å². The van der Waals surface area contributed by atoms with Crippen molar-refractivity contribution < 1.29 is 0 Å². The quantitative estimate of drug-likeness (QED) is 0.883. The first kappa shape index (κ1) is 11.5. The van der Waals surface area contributed by atoms with Gasteiger partial charge in [0.15, 0.2) is 5.65 Å². The molecule has 0 spiro atoms. The molecule has 0 aromatic carbocycles. The SMILES string of the molecule is CC1CCC(Cn2c(N)nc3cccnc32)CC1. The van der Waals surface area contributed by atoms with Crippen LogP contribution < -0.4 is 5.73 Å². The summed E-state index contributed by atoms with van der Waals surface area (Å²) in [6.07, 6.45) is 7.08. The normalized spacial score (nSPS) is 24.5. The highest BCUT2D eigenvalue weighted by Crippen LogP contribution is 2.30. The van der Waals surface area contributed by atoms with E-state index in [9.17, 15) is 0 Å². The molecule has 0 amide bonds. The number of nitrogens with two attached hydrogens (primary N) is 1. The molecule has 2 aromatic rings. The Morgan fingerprint density at radius 2 is 2.11 bits per heavy atom. The second-order valence-electron chi connectivity index (χ2n) is 5.55. The number of hydrogen-bond donors (Lipinski definition) is 1. The monoisotopic (exact) mass is 244 g/mol. The average molecular weight is 244 g/mol.